The van der Waals surface area contributed by atoms with E-state index in [9.17, 15) is 19.6 Å². The predicted octanol–water partition coefficient (Wildman–Crippen LogP) is 2.71. The fraction of sp³-hybridized carbons (Fsp3) is 0.722. The van der Waals surface area contributed by atoms with Gasteiger partial charge in [0.2, 0.25) is 0 Å². The molecule has 0 amide bonds. The summed E-state index contributed by atoms with van der Waals surface area (Å²) < 4.78 is 5.54. The van der Waals surface area contributed by atoms with Crippen LogP contribution in [0, 0.1) is 0 Å². The Balaban J connectivity index is 2.35. The first-order valence-electron chi connectivity index (χ1n) is 8.56. The van der Waals surface area contributed by atoms with Crippen molar-refractivity contribution < 1.29 is 29.4 Å². The van der Waals surface area contributed by atoms with Crippen LogP contribution in [0.5, 0.6) is 0 Å². The van der Waals surface area contributed by atoms with Gasteiger partial charge in [0.25, 0.3) is 0 Å². The molecule has 0 unspecified atom stereocenters. The number of carbonyl (C=O) groups excluding carboxylic acids is 2. The van der Waals surface area contributed by atoms with Crippen molar-refractivity contribution in [1.29, 1.82) is 0 Å². The molecule has 2 N–H and O–H groups in total. The first-order chi connectivity index (χ1) is 11.4. The molecule has 0 aromatic carbocycles. The lowest BCUT2D eigenvalue weighted by Gasteiger charge is -2.50. The maximum atomic E-state index is 12.0. The monoisotopic (exact) mass is 355 g/mol. The maximum Gasteiger partial charge on any atom is 0.328 e. The highest BCUT2D eigenvalue weighted by Gasteiger charge is 2.46. The highest BCUT2D eigenvalue weighted by Crippen LogP contribution is 2.38. The van der Waals surface area contributed by atoms with Gasteiger partial charge in [-0.15, -0.1) is 0 Å². The summed E-state index contributed by atoms with van der Waals surface area (Å²) in [4.78, 5) is 33.7. The first kappa shape index (κ1) is 21.3. The van der Waals surface area contributed by atoms with Crippen molar-refractivity contribution in [1.82, 2.24) is 5.06 Å². The van der Waals surface area contributed by atoms with Gasteiger partial charge in [-0.3, -0.25) is 9.59 Å². The molecule has 0 bridgehead atoms. The molecule has 7 nitrogen and oxygen atoms in total. The number of hydrogen-bond donors (Lipinski definition) is 2. The van der Waals surface area contributed by atoms with Crippen LogP contribution < -0.4 is 0 Å². The van der Waals surface area contributed by atoms with Crippen LogP contribution in [-0.4, -0.2) is 50.3 Å². The van der Waals surface area contributed by atoms with Gasteiger partial charge in [-0.25, -0.2) is 4.79 Å². The van der Waals surface area contributed by atoms with Crippen molar-refractivity contribution in [2.45, 2.75) is 83.4 Å². The van der Waals surface area contributed by atoms with Gasteiger partial charge in [0, 0.05) is 42.8 Å². The average molecular weight is 355 g/mol. The predicted molar refractivity (Wildman–Crippen MR) is 91.1 cm³/mol. The molecule has 1 saturated heterocycles. The van der Waals surface area contributed by atoms with E-state index in [1.54, 1.807) is 0 Å². The Bertz CT molecular complexity index is 520. The molecule has 7 heteroatoms. The number of allylic oxidation sites excluding steroid dienone is 1. The van der Waals surface area contributed by atoms with Crippen LogP contribution in [0.1, 0.15) is 66.2 Å². The molecule has 0 aromatic rings. The van der Waals surface area contributed by atoms with Gasteiger partial charge in [0.05, 0.1) is 0 Å². The molecule has 0 saturated carbocycles. The second-order valence-electron chi connectivity index (χ2n) is 7.80. The largest absolute Gasteiger partial charge is 0.478 e. The number of rotatable bonds is 8. The molecule has 25 heavy (non-hydrogen) atoms. The fourth-order valence-corrected chi connectivity index (χ4v) is 3.32. The Morgan fingerprint density at radius 3 is 2.08 bits per heavy atom. The summed E-state index contributed by atoms with van der Waals surface area (Å²) in [6, 6.07) is 0. The second-order valence-corrected chi connectivity index (χ2v) is 7.80. The minimum Gasteiger partial charge on any atom is -0.478 e. The lowest BCUT2D eigenvalue weighted by Crippen LogP contribution is -2.60. The molecule has 1 rings (SSSR count). The zero-order valence-electron chi connectivity index (χ0n) is 15.4. The number of carbonyl (C=O) groups is 3. The van der Waals surface area contributed by atoms with Crippen molar-refractivity contribution in [3.05, 3.63) is 12.2 Å². The van der Waals surface area contributed by atoms with Crippen LogP contribution in [0.15, 0.2) is 12.2 Å². The highest BCUT2D eigenvalue weighted by molar-refractivity contribution is 5.95. The molecule has 1 heterocycles. The van der Waals surface area contributed by atoms with E-state index in [4.69, 9.17) is 9.84 Å². The molecule has 1 fully saturated rings. The van der Waals surface area contributed by atoms with Gasteiger partial charge in [-0.05, 0) is 46.6 Å². The summed E-state index contributed by atoms with van der Waals surface area (Å²) in [7, 11) is 0. The summed E-state index contributed by atoms with van der Waals surface area (Å²) in [5.41, 5.74) is -0.953. The van der Waals surface area contributed by atoms with Crippen molar-refractivity contribution in [2.75, 3.05) is 0 Å². The average Bonchev–Trinajstić information content (AvgIpc) is 2.46. The molecule has 1 aliphatic heterocycles. The lowest BCUT2D eigenvalue weighted by molar-refractivity contribution is -0.259. The van der Waals surface area contributed by atoms with Crippen molar-refractivity contribution in [3.8, 4) is 0 Å². The summed E-state index contributed by atoms with van der Waals surface area (Å²) in [5.74, 6) is -1.73. The minimum atomic E-state index is -1.16. The quantitative estimate of drug-likeness (QED) is 0.392. The number of esters is 1. The van der Waals surface area contributed by atoms with Gasteiger partial charge in [0.15, 0.2) is 5.78 Å². The smallest absolute Gasteiger partial charge is 0.328 e. The van der Waals surface area contributed by atoms with Gasteiger partial charge >= 0.3 is 11.9 Å². The Morgan fingerprint density at radius 2 is 1.56 bits per heavy atom. The van der Waals surface area contributed by atoms with Crippen LogP contribution in [-0.2, 0) is 19.1 Å². The van der Waals surface area contributed by atoms with E-state index in [0.717, 1.165) is 12.2 Å². The molecule has 142 valence electrons. The maximum absolute atomic E-state index is 12.0. The molecule has 0 radical (unpaired) electrons. The van der Waals surface area contributed by atoms with Gasteiger partial charge in [-0.1, -0.05) is 0 Å². The van der Waals surface area contributed by atoms with Gasteiger partial charge < -0.3 is 15.1 Å². The van der Waals surface area contributed by atoms with Crippen molar-refractivity contribution in [2.24, 2.45) is 0 Å². The number of unbranched alkanes of at least 4 members (excludes halogenated alkanes) is 1. The third kappa shape index (κ3) is 6.96. The van der Waals surface area contributed by atoms with Crippen LogP contribution in [0.25, 0.3) is 0 Å². The second kappa shape index (κ2) is 8.58. The van der Waals surface area contributed by atoms with Crippen LogP contribution in [0.3, 0.4) is 0 Å². The standard InChI is InChI=1S/C18H29NO6/c1-17(2)11-14(12-18(3,4)19(17)24)25-16(23)8-6-5-7-13(20)9-10-15(21)22/h9-10,14,24H,5-8,11-12H2,1-4H3,(H,21,22)/b10-9+. The number of ether oxygens (including phenoxy) is 1. The summed E-state index contributed by atoms with van der Waals surface area (Å²) in [5, 5.41) is 20.0. The van der Waals surface area contributed by atoms with Crippen molar-refractivity contribution in [3.63, 3.8) is 0 Å². The zero-order valence-corrected chi connectivity index (χ0v) is 15.4. The molecule has 1 aliphatic rings. The lowest BCUT2D eigenvalue weighted by atomic mass is 9.80. The number of carboxylic acid groups (broad SMARTS) is 1. The van der Waals surface area contributed by atoms with E-state index in [1.807, 2.05) is 27.7 Å². The topological polar surface area (TPSA) is 104 Å². The SMILES string of the molecule is CC1(C)CC(OC(=O)CCCCC(=O)/C=C/C(=O)O)CC(C)(C)N1O. The zero-order chi connectivity index (χ0) is 19.3. The van der Waals surface area contributed by atoms with E-state index in [0.29, 0.717) is 25.7 Å². The molecule has 0 aliphatic carbocycles. The van der Waals surface area contributed by atoms with Crippen LogP contribution >= 0.6 is 0 Å². The number of hydroxylamine groups is 2. The Morgan fingerprint density at radius 1 is 1.04 bits per heavy atom. The van der Waals surface area contributed by atoms with Gasteiger partial charge in [0.1, 0.15) is 6.10 Å². The minimum absolute atomic E-state index is 0.208. The van der Waals surface area contributed by atoms with Crippen molar-refractivity contribution >= 4 is 17.7 Å². The Kier molecular flexibility index (Phi) is 7.31. The highest BCUT2D eigenvalue weighted by atomic mass is 16.5. The molecular formula is C18H29NO6. The summed E-state index contributed by atoms with van der Waals surface area (Å²) in [6.07, 6.45) is 4.15. The number of aliphatic carboxylic acids is 1. The van der Waals surface area contributed by atoms with E-state index >= 15 is 0 Å². The Hall–Kier alpha value is -1.73. The third-order valence-corrected chi connectivity index (χ3v) is 4.37. The normalized spacial score (nSPS) is 20.5. The molecule has 0 atom stereocenters. The molecule has 0 aromatic heterocycles. The van der Waals surface area contributed by atoms with E-state index in [1.165, 1.54) is 5.06 Å². The summed E-state index contributed by atoms with van der Waals surface area (Å²) >= 11 is 0. The molecular weight excluding hydrogens is 326 g/mol. The van der Waals surface area contributed by atoms with Crippen LogP contribution in [0.2, 0.25) is 0 Å². The third-order valence-electron chi connectivity index (χ3n) is 4.37. The summed E-state index contributed by atoms with van der Waals surface area (Å²) in [6.45, 7) is 7.63. The first-order valence-corrected chi connectivity index (χ1v) is 8.56. The number of nitrogens with zero attached hydrogens (tertiary/aromatic N) is 1. The van der Waals surface area contributed by atoms with E-state index in [-0.39, 0.29) is 30.7 Å². The number of hydrogen-bond acceptors (Lipinski definition) is 6. The van der Waals surface area contributed by atoms with Crippen LogP contribution in [0.4, 0.5) is 0 Å². The van der Waals surface area contributed by atoms with Gasteiger partial charge in [-0.2, -0.15) is 5.06 Å². The van der Waals surface area contributed by atoms with E-state index in [2.05, 4.69) is 0 Å². The number of piperidine rings is 1. The number of ketones is 1. The fourth-order valence-electron chi connectivity index (χ4n) is 3.32. The number of carboxylic acids is 1. The van der Waals surface area contributed by atoms with E-state index < -0.39 is 17.0 Å². The Labute approximate surface area is 148 Å². The molecule has 0 spiro atoms.